The molecule has 1 aliphatic heterocycles. The highest BCUT2D eigenvalue weighted by atomic mass is 16.2. The Labute approximate surface area is 129 Å². The zero-order valence-electron chi connectivity index (χ0n) is 12.8. The highest BCUT2D eigenvalue weighted by Crippen LogP contribution is 2.37. The van der Waals surface area contributed by atoms with Crippen molar-refractivity contribution in [1.82, 2.24) is 25.1 Å². The summed E-state index contributed by atoms with van der Waals surface area (Å²) < 4.78 is 0. The second-order valence-electron chi connectivity index (χ2n) is 5.69. The van der Waals surface area contributed by atoms with Crippen molar-refractivity contribution >= 4 is 11.9 Å². The number of nitrogens with zero attached hydrogens (tertiary/aromatic N) is 4. The first-order valence-corrected chi connectivity index (χ1v) is 7.84. The van der Waals surface area contributed by atoms with Gasteiger partial charge in [-0.2, -0.15) is 0 Å². The first-order chi connectivity index (χ1) is 10.7. The minimum absolute atomic E-state index is 0.0624. The van der Waals surface area contributed by atoms with Crippen LogP contribution in [0.3, 0.4) is 0 Å². The van der Waals surface area contributed by atoms with Crippen LogP contribution in [0.2, 0.25) is 0 Å². The summed E-state index contributed by atoms with van der Waals surface area (Å²) in [6.07, 6.45) is 3.89. The quantitative estimate of drug-likeness (QED) is 0.897. The van der Waals surface area contributed by atoms with Gasteiger partial charge in [-0.15, -0.1) is 0 Å². The molecule has 3 amide bonds. The minimum atomic E-state index is -0.0696. The van der Waals surface area contributed by atoms with E-state index in [4.69, 9.17) is 0 Å². The normalized spacial score (nSPS) is 18.2. The number of nitrogens with one attached hydrogen (secondary N) is 1. The van der Waals surface area contributed by atoms with Gasteiger partial charge in [0.25, 0.3) is 5.91 Å². The molecule has 22 heavy (non-hydrogen) atoms. The number of piperazine rings is 1. The molecule has 0 radical (unpaired) electrons. The molecular weight excluding hydrogens is 282 g/mol. The lowest BCUT2D eigenvalue weighted by molar-refractivity contribution is 0.0659. The largest absolute Gasteiger partial charge is 0.338 e. The van der Waals surface area contributed by atoms with E-state index < -0.39 is 0 Å². The first-order valence-electron chi connectivity index (χ1n) is 7.84. The molecule has 0 aromatic carbocycles. The third-order valence-corrected chi connectivity index (χ3v) is 4.02. The molecule has 0 unspecified atom stereocenters. The van der Waals surface area contributed by atoms with Crippen molar-refractivity contribution in [3.05, 3.63) is 23.8 Å². The average molecular weight is 303 g/mol. The van der Waals surface area contributed by atoms with Gasteiger partial charge in [0.1, 0.15) is 11.5 Å². The van der Waals surface area contributed by atoms with Crippen LogP contribution < -0.4 is 5.32 Å². The molecule has 2 fully saturated rings. The molecule has 7 nitrogen and oxygen atoms in total. The first kappa shape index (κ1) is 14.7. The fourth-order valence-corrected chi connectivity index (χ4v) is 2.57. The lowest BCUT2D eigenvalue weighted by Gasteiger charge is -2.34. The van der Waals surface area contributed by atoms with Crippen LogP contribution in [0, 0.1) is 0 Å². The molecule has 3 rings (SSSR count). The fourth-order valence-electron chi connectivity index (χ4n) is 2.57. The summed E-state index contributed by atoms with van der Waals surface area (Å²) in [6, 6.07) is 1.61. The van der Waals surface area contributed by atoms with Crippen molar-refractivity contribution in [2.75, 3.05) is 32.7 Å². The van der Waals surface area contributed by atoms with Crippen LogP contribution in [-0.4, -0.2) is 64.4 Å². The van der Waals surface area contributed by atoms with Gasteiger partial charge in [-0.1, -0.05) is 0 Å². The van der Waals surface area contributed by atoms with Crippen LogP contribution in [0.5, 0.6) is 0 Å². The molecule has 1 saturated carbocycles. The summed E-state index contributed by atoms with van der Waals surface area (Å²) in [5, 5.41) is 2.78. The number of urea groups is 1. The summed E-state index contributed by atoms with van der Waals surface area (Å²) in [7, 11) is 0. The summed E-state index contributed by atoms with van der Waals surface area (Å²) in [5.74, 6) is 1.15. The van der Waals surface area contributed by atoms with Gasteiger partial charge in [-0.25, -0.2) is 14.8 Å². The van der Waals surface area contributed by atoms with Gasteiger partial charge < -0.3 is 15.1 Å². The molecule has 2 aliphatic rings. The van der Waals surface area contributed by atoms with Gasteiger partial charge in [0.2, 0.25) is 0 Å². The zero-order chi connectivity index (χ0) is 15.5. The molecule has 0 spiro atoms. The number of aromatic nitrogens is 2. The monoisotopic (exact) mass is 303 g/mol. The predicted molar refractivity (Wildman–Crippen MR) is 80.6 cm³/mol. The molecule has 1 aliphatic carbocycles. The molecule has 118 valence electrons. The van der Waals surface area contributed by atoms with Crippen molar-refractivity contribution in [3.8, 4) is 0 Å². The molecule has 1 saturated heterocycles. The second kappa shape index (κ2) is 6.29. The molecule has 7 heteroatoms. The SMILES string of the molecule is CCNC(=O)N1CCN(C(=O)c2ccnc(C3CC3)n2)CC1. The maximum absolute atomic E-state index is 12.5. The highest BCUT2D eigenvalue weighted by Gasteiger charge is 2.29. The third kappa shape index (κ3) is 3.18. The van der Waals surface area contributed by atoms with E-state index in [0.717, 1.165) is 18.7 Å². The average Bonchev–Trinajstić information content (AvgIpc) is 3.40. The van der Waals surface area contributed by atoms with Crippen LogP contribution in [0.25, 0.3) is 0 Å². The maximum Gasteiger partial charge on any atom is 0.317 e. The number of hydrogen-bond acceptors (Lipinski definition) is 4. The molecule has 1 aromatic rings. The predicted octanol–water partition coefficient (Wildman–Crippen LogP) is 0.841. The summed E-state index contributed by atoms with van der Waals surface area (Å²) >= 11 is 0. The summed E-state index contributed by atoms with van der Waals surface area (Å²) in [5.41, 5.74) is 0.461. The van der Waals surface area contributed by atoms with E-state index in [1.807, 2.05) is 6.92 Å². The van der Waals surface area contributed by atoms with E-state index in [9.17, 15) is 9.59 Å². The minimum Gasteiger partial charge on any atom is -0.338 e. The maximum atomic E-state index is 12.5. The summed E-state index contributed by atoms with van der Waals surface area (Å²) in [4.78, 5) is 36.4. The second-order valence-corrected chi connectivity index (χ2v) is 5.69. The number of amides is 3. The topological polar surface area (TPSA) is 78.4 Å². The van der Waals surface area contributed by atoms with Crippen LogP contribution in [-0.2, 0) is 0 Å². The molecule has 2 heterocycles. The Kier molecular flexibility index (Phi) is 4.22. The Morgan fingerprint density at radius 1 is 1.23 bits per heavy atom. The van der Waals surface area contributed by atoms with Crippen molar-refractivity contribution in [1.29, 1.82) is 0 Å². The lowest BCUT2D eigenvalue weighted by Crippen LogP contribution is -2.53. The van der Waals surface area contributed by atoms with Crippen molar-refractivity contribution in [3.63, 3.8) is 0 Å². The standard InChI is InChI=1S/C15H21N5O2/c1-2-16-15(22)20-9-7-19(8-10-20)14(21)12-5-6-17-13(18-12)11-3-4-11/h5-6,11H,2-4,7-10H2,1H3,(H,16,22). The zero-order valence-corrected chi connectivity index (χ0v) is 12.8. The Bertz CT molecular complexity index is 565. The fraction of sp³-hybridized carbons (Fsp3) is 0.600. The molecule has 0 bridgehead atoms. The smallest absolute Gasteiger partial charge is 0.317 e. The van der Waals surface area contributed by atoms with E-state index in [1.54, 1.807) is 22.1 Å². The van der Waals surface area contributed by atoms with E-state index in [-0.39, 0.29) is 11.9 Å². The van der Waals surface area contributed by atoms with Crippen LogP contribution in [0.4, 0.5) is 4.79 Å². The number of carbonyl (C=O) groups excluding carboxylic acids is 2. The van der Waals surface area contributed by atoms with Gasteiger partial charge in [0.15, 0.2) is 0 Å². The van der Waals surface area contributed by atoms with Crippen molar-refractivity contribution in [2.45, 2.75) is 25.7 Å². The summed E-state index contributed by atoms with van der Waals surface area (Å²) in [6.45, 7) is 4.70. The Balaban J connectivity index is 1.60. The highest BCUT2D eigenvalue weighted by molar-refractivity contribution is 5.92. The van der Waals surface area contributed by atoms with Crippen LogP contribution >= 0.6 is 0 Å². The van der Waals surface area contributed by atoms with Gasteiger partial charge >= 0.3 is 6.03 Å². The van der Waals surface area contributed by atoms with E-state index in [1.165, 1.54) is 0 Å². The lowest BCUT2D eigenvalue weighted by atomic mass is 10.2. The number of hydrogen-bond donors (Lipinski definition) is 1. The van der Waals surface area contributed by atoms with Gasteiger partial charge in [-0.3, -0.25) is 4.79 Å². The molecule has 1 aromatic heterocycles. The molecule has 0 atom stereocenters. The van der Waals surface area contributed by atoms with Crippen molar-refractivity contribution in [2.24, 2.45) is 0 Å². The molecule has 1 N–H and O–H groups in total. The van der Waals surface area contributed by atoms with Crippen LogP contribution in [0.15, 0.2) is 12.3 Å². The van der Waals surface area contributed by atoms with E-state index in [0.29, 0.717) is 44.3 Å². The number of rotatable bonds is 3. The van der Waals surface area contributed by atoms with Gasteiger partial charge in [0.05, 0.1) is 0 Å². The van der Waals surface area contributed by atoms with E-state index >= 15 is 0 Å². The van der Waals surface area contributed by atoms with Crippen molar-refractivity contribution < 1.29 is 9.59 Å². The Morgan fingerprint density at radius 2 is 1.91 bits per heavy atom. The third-order valence-electron chi connectivity index (χ3n) is 4.02. The van der Waals surface area contributed by atoms with Gasteiger partial charge in [0, 0.05) is 44.8 Å². The van der Waals surface area contributed by atoms with Crippen LogP contribution in [0.1, 0.15) is 42.0 Å². The van der Waals surface area contributed by atoms with Gasteiger partial charge in [-0.05, 0) is 25.8 Å². The van der Waals surface area contributed by atoms with E-state index in [2.05, 4.69) is 15.3 Å². The Morgan fingerprint density at radius 3 is 2.55 bits per heavy atom. The number of carbonyl (C=O) groups is 2. The molecular formula is C15H21N5O2. The Hall–Kier alpha value is -2.18.